The van der Waals surface area contributed by atoms with Crippen molar-refractivity contribution in [3.63, 3.8) is 0 Å². The number of hydrogen-bond acceptors (Lipinski definition) is 3. The van der Waals surface area contributed by atoms with Crippen LogP contribution in [0, 0.1) is 0 Å². The number of para-hydroxylation sites is 1. The van der Waals surface area contributed by atoms with Crippen LogP contribution >= 0.6 is 0 Å². The monoisotopic (exact) mass is 305 g/mol. The summed E-state index contributed by atoms with van der Waals surface area (Å²) in [6, 6.07) is 15.8. The van der Waals surface area contributed by atoms with E-state index >= 15 is 0 Å². The maximum Gasteiger partial charge on any atom is 0.415 e. The highest BCUT2D eigenvalue weighted by Gasteiger charge is 2.18. The minimum absolute atomic E-state index is 0.0956. The van der Waals surface area contributed by atoms with E-state index in [2.05, 4.69) is 5.10 Å². The van der Waals surface area contributed by atoms with Crippen molar-refractivity contribution in [2.75, 3.05) is 0 Å². The predicted molar refractivity (Wildman–Crippen MR) is 87.2 cm³/mol. The van der Waals surface area contributed by atoms with Crippen molar-refractivity contribution >= 4 is 23.1 Å². The smallest absolute Gasteiger partial charge is 0.415 e. The minimum atomic E-state index is -0.379. The fourth-order valence-electron chi connectivity index (χ4n) is 2.70. The summed E-state index contributed by atoms with van der Waals surface area (Å²) in [5.41, 5.74) is 3.19. The van der Waals surface area contributed by atoms with E-state index in [0.717, 1.165) is 22.0 Å². The zero-order valence-corrected chi connectivity index (χ0v) is 12.4. The van der Waals surface area contributed by atoms with Gasteiger partial charge < -0.3 is 4.74 Å². The van der Waals surface area contributed by atoms with Crippen molar-refractivity contribution in [1.82, 2.24) is 14.7 Å². The third kappa shape index (κ3) is 2.57. The zero-order chi connectivity index (χ0) is 15.6. The quantitative estimate of drug-likeness (QED) is 0.726. The van der Waals surface area contributed by atoms with Crippen LogP contribution in [0.15, 0.2) is 60.9 Å². The molecule has 1 aromatic heterocycles. The van der Waals surface area contributed by atoms with Gasteiger partial charge in [0.2, 0.25) is 0 Å². The number of aromatic nitrogens is 2. The molecule has 0 atom stereocenters. The third-order valence-corrected chi connectivity index (χ3v) is 3.93. The van der Waals surface area contributed by atoms with Crippen LogP contribution in [0.4, 0.5) is 4.79 Å². The van der Waals surface area contributed by atoms with Crippen molar-refractivity contribution in [1.29, 1.82) is 0 Å². The van der Waals surface area contributed by atoms with Crippen LogP contribution < -0.4 is 0 Å². The van der Waals surface area contributed by atoms with E-state index in [-0.39, 0.29) is 12.8 Å². The lowest BCUT2D eigenvalue weighted by Gasteiger charge is -2.22. The van der Waals surface area contributed by atoms with Crippen LogP contribution in [0.3, 0.4) is 0 Å². The minimum Gasteiger partial charge on any atom is -0.426 e. The Balaban J connectivity index is 1.45. The summed E-state index contributed by atoms with van der Waals surface area (Å²) in [5.74, 6) is 0. The van der Waals surface area contributed by atoms with E-state index in [9.17, 15) is 4.79 Å². The number of nitrogens with zero attached hydrogens (tertiary/aromatic N) is 3. The van der Waals surface area contributed by atoms with Crippen molar-refractivity contribution in [2.24, 2.45) is 0 Å². The van der Waals surface area contributed by atoms with E-state index in [0.29, 0.717) is 6.54 Å². The molecule has 3 aromatic rings. The molecule has 1 amide bonds. The maximum absolute atomic E-state index is 12.3. The molecule has 2 aromatic carbocycles. The first-order valence-corrected chi connectivity index (χ1v) is 7.41. The van der Waals surface area contributed by atoms with Crippen LogP contribution in [-0.2, 0) is 18.0 Å². The van der Waals surface area contributed by atoms with E-state index in [1.807, 2.05) is 54.6 Å². The lowest BCUT2D eigenvalue weighted by Crippen LogP contribution is -2.28. The molecule has 0 bridgehead atoms. The molecular weight excluding hydrogens is 290 g/mol. The van der Waals surface area contributed by atoms with Crippen LogP contribution in [0.5, 0.6) is 0 Å². The van der Waals surface area contributed by atoms with Gasteiger partial charge in [-0.3, -0.25) is 4.90 Å². The Kier molecular flexibility index (Phi) is 3.31. The van der Waals surface area contributed by atoms with E-state index < -0.39 is 0 Å². The molecule has 1 aliphatic rings. The number of carbonyl (C=O) groups excluding carboxylic acids is 1. The number of carbonyl (C=O) groups is 1. The van der Waals surface area contributed by atoms with Gasteiger partial charge in [-0.1, -0.05) is 42.5 Å². The predicted octanol–water partition coefficient (Wildman–Crippen LogP) is 3.62. The molecule has 114 valence electrons. The number of fused-ring (bicyclic) bond motifs is 2. The summed E-state index contributed by atoms with van der Waals surface area (Å²) >= 11 is 0. The first-order chi connectivity index (χ1) is 11.3. The van der Waals surface area contributed by atoms with Crippen molar-refractivity contribution in [2.45, 2.75) is 13.3 Å². The molecule has 0 aliphatic carbocycles. The van der Waals surface area contributed by atoms with Gasteiger partial charge in [-0.25, -0.2) is 9.48 Å². The first-order valence-electron chi connectivity index (χ1n) is 7.41. The second kappa shape index (κ2) is 5.61. The molecule has 1 aliphatic heterocycles. The van der Waals surface area contributed by atoms with Crippen molar-refractivity contribution < 1.29 is 9.53 Å². The molecule has 0 fully saturated rings. The summed E-state index contributed by atoms with van der Waals surface area (Å²) in [7, 11) is 0. The highest BCUT2D eigenvalue weighted by molar-refractivity contribution is 5.78. The third-order valence-electron chi connectivity index (χ3n) is 3.93. The Morgan fingerprint density at radius 1 is 1.13 bits per heavy atom. The van der Waals surface area contributed by atoms with Crippen LogP contribution in [0.1, 0.15) is 11.1 Å². The standard InChI is InChI=1S/C18H15N3O2/c22-18(20-10-9-14-5-1-2-7-16(14)12-20)23-13-21-17-8-4-3-6-15(17)11-19-21/h1-11H,12-13H2. The molecule has 0 radical (unpaired) electrons. The average Bonchev–Trinajstić information content (AvgIpc) is 3.02. The molecule has 23 heavy (non-hydrogen) atoms. The summed E-state index contributed by atoms with van der Waals surface area (Å²) in [4.78, 5) is 13.8. The van der Waals surface area contributed by atoms with Gasteiger partial charge in [-0.15, -0.1) is 0 Å². The molecular formula is C18H15N3O2. The molecule has 5 heteroatoms. The highest BCUT2D eigenvalue weighted by Crippen LogP contribution is 2.20. The normalized spacial score (nSPS) is 13.1. The maximum atomic E-state index is 12.3. The largest absolute Gasteiger partial charge is 0.426 e. The van der Waals surface area contributed by atoms with Crippen LogP contribution in [0.2, 0.25) is 0 Å². The van der Waals surface area contributed by atoms with Gasteiger partial charge in [-0.2, -0.15) is 5.10 Å². The van der Waals surface area contributed by atoms with Crippen LogP contribution in [0.25, 0.3) is 17.0 Å². The summed E-state index contributed by atoms with van der Waals surface area (Å²) in [5, 5.41) is 5.27. The summed E-state index contributed by atoms with van der Waals surface area (Å²) in [6.45, 7) is 0.615. The van der Waals surface area contributed by atoms with Gasteiger partial charge in [0.1, 0.15) is 0 Å². The zero-order valence-electron chi connectivity index (χ0n) is 12.4. The van der Waals surface area contributed by atoms with Crippen molar-refractivity contribution in [3.8, 4) is 0 Å². The highest BCUT2D eigenvalue weighted by atomic mass is 16.6. The van der Waals surface area contributed by atoms with Gasteiger partial charge in [0.15, 0.2) is 6.73 Å². The van der Waals surface area contributed by atoms with E-state index in [1.165, 1.54) is 0 Å². The Hall–Kier alpha value is -3.08. The lowest BCUT2D eigenvalue weighted by molar-refractivity contribution is 0.0831. The lowest BCUT2D eigenvalue weighted by atomic mass is 10.1. The van der Waals surface area contributed by atoms with Gasteiger partial charge in [0.25, 0.3) is 0 Å². The molecule has 0 spiro atoms. The Morgan fingerprint density at radius 2 is 1.96 bits per heavy atom. The average molecular weight is 305 g/mol. The molecule has 0 saturated carbocycles. The van der Waals surface area contributed by atoms with E-state index in [1.54, 1.807) is 22.0 Å². The number of ether oxygens (including phenoxy) is 1. The van der Waals surface area contributed by atoms with Gasteiger partial charge >= 0.3 is 6.09 Å². The molecule has 2 heterocycles. The Bertz CT molecular complexity index is 898. The molecule has 4 rings (SSSR count). The van der Waals surface area contributed by atoms with Gasteiger partial charge in [-0.05, 0) is 23.3 Å². The molecule has 0 N–H and O–H groups in total. The van der Waals surface area contributed by atoms with Crippen LogP contribution in [-0.4, -0.2) is 20.8 Å². The summed E-state index contributed by atoms with van der Waals surface area (Å²) in [6.07, 6.45) is 5.06. The Morgan fingerprint density at radius 3 is 2.91 bits per heavy atom. The van der Waals surface area contributed by atoms with Crippen molar-refractivity contribution in [3.05, 3.63) is 72.1 Å². The topological polar surface area (TPSA) is 47.4 Å². The molecule has 0 saturated heterocycles. The second-order valence-electron chi connectivity index (χ2n) is 5.38. The number of benzene rings is 2. The second-order valence-corrected chi connectivity index (χ2v) is 5.38. The number of amides is 1. The number of rotatable bonds is 2. The fraction of sp³-hybridized carbons (Fsp3) is 0.111. The first kappa shape index (κ1) is 13.6. The fourth-order valence-corrected chi connectivity index (χ4v) is 2.70. The van der Waals surface area contributed by atoms with Gasteiger partial charge in [0, 0.05) is 11.6 Å². The molecule has 0 unspecified atom stereocenters. The van der Waals surface area contributed by atoms with E-state index in [4.69, 9.17) is 4.74 Å². The summed E-state index contributed by atoms with van der Waals surface area (Å²) < 4.78 is 7.06. The Labute approximate surface area is 133 Å². The van der Waals surface area contributed by atoms with Gasteiger partial charge in [0.05, 0.1) is 18.3 Å². The number of hydrogen-bond donors (Lipinski definition) is 0. The SMILES string of the molecule is O=C(OCn1ncc2ccccc21)N1C=Cc2ccccc2C1. The molecule has 5 nitrogen and oxygen atoms in total.